The van der Waals surface area contributed by atoms with Crippen LogP contribution in [0.3, 0.4) is 0 Å². The van der Waals surface area contributed by atoms with Crippen LogP contribution in [-0.4, -0.2) is 33.1 Å². The van der Waals surface area contributed by atoms with Crippen molar-refractivity contribution in [1.29, 1.82) is 0 Å². The molecule has 11 heteroatoms. The van der Waals surface area contributed by atoms with Gasteiger partial charge in [0.15, 0.2) is 12.1 Å². The summed E-state index contributed by atoms with van der Waals surface area (Å²) < 4.78 is 44.6. The molecule has 0 fully saturated rings. The fourth-order valence-corrected chi connectivity index (χ4v) is 3.09. The molecule has 0 saturated carbocycles. The second-order valence-electron chi connectivity index (χ2n) is 7.02. The minimum absolute atomic E-state index is 0.138. The van der Waals surface area contributed by atoms with Crippen molar-refractivity contribution in [3.63, 3.8) is 0 Å². The molecular formula is C21H20F3N7O. The standard InChI is InChI=1S/C21H20F3N7O/c1-2-17-27-16(25)11-18(28-17)32-15-8-3-5-12(9-15)19-29-20(31-30-19)26-14-7-4-6-13(10-14)21(22,23)24/h3-10,18H,2,11H2,1H3,(H2,25,27,28)(H2,26,29,30,31). The fourth-order valence-electron chi connectivity index (χ4n) is 3.09. The Kier molecular flexibility index (Phi) is 5.80. The van der Waals surface area contributed by atoms with E-state index < -0.39 is 18.0 Å². The van der Waals surface area contributed by atoms with Crippen LogP contribution in [0.25, 0.3) is 11.4 Å². The van der Waals surface area contributed by atoms with Gasteiger partial charge in [-0.1, -0.05) is 25.1 Å². The van der Waals surface area contributed by atoms with Crippen molar-refractivity contribution in [2.24, 2.45) is 15.7 Å². The minimum atomic E-state index is -4.43. The number of aromatic nitrogens is 3. The highest BCUT2D eigenvalue weighted by atomic mass is 19.4. The molecule has 8 nitrogen and oxygen atoms in total. The van der Waals surface area contributed by atoms with E-state index in [-0.39, 0.29) is 11.6 Å². The van der Waals surface area contributed by atoms with Crippen LogP contribution in [0, 0.1) is 0 Å². The van der Waals surface area contributed by atoms with E-state index in [2.05, 4.69) is 30.5 Å². The molecule has 1 unspecified atom stereocenters. The Morgan fingerprint density at radius 3 is 2.78 bits per heavy atom. The van der Waals surface area contributed by atoms with Crippen LogP contribution in [-0.2, 0) is 6.18 Å². The number of aliphatic imine (C=N–C) groups is 2. The first-order chi connectivity index (χ1) is 15.3. The van der Waals surface area contributed by atoms with Gasteiger partial charge in [-0.25, -0.2) is 9.98 Å². The fraction of sp³-hybridized carbons (Fsp3) is 0.238. The molecule has 0 radical (unpaired) electrons. The number of rotatable bonds is 6. The third kappa shape index (κ3) is 5.05. The lowest BCUT2D eigenvalue weighted by Gasteiger charge is -2.19. The zero-order chi connectivity index (χ0) is 22.7. The number of halogens is 3. The quantitative estimate of drug-likeness (QED) is 0.519. The number of nitrogens with two attached hydrogens (primary N) is 1. The number of anilines is 2. The molecule has 0 aliphatic carbocycles. The molecular weight excluding hydrogens is 423 g/mol. The van der Waals surface area contributed by atoms with Gasteiger partial charge in [0.2, 0.25) is 5.95 Å². The average Bonchev–Trinajstić information content (AvgIpc) is 3.21. The molecule has 2 heterocycles. The molecule has 2 aromatic carbocycles. The number of nitrogens with one attached hydrogen (secondary N) is 2. The van der Waals surface area contributed by atoms with Crippen molar-refractivity contribution < 1.29 is 17.9 Å². The normalized spacial score (nSPS) is 16.3. The molecule has 1 aliphatic rings. The highest BCUT2D eigenvalue weighted by Gasteiger charge is 2.30. The van der Waals surface area contributed by atoms with E-state index in [1.807, 2.05) is 6.92 Å². The third-order valence-corrected chi connectivity index (χ3v) is 4.58. The summed E-state index contributed by atoms with van der Waals surface area (Å²) in [6.07, 6.45) is -3.86. The molecule has 1 aromatic heterocycles. The number of aromatic amines is 1. The van der Waals surface area contributed by atoms with Crippen LogP contribution in [0.1, 0.15) is 25.3 Å². The van der Waals surface area contributed by atoms with E-state index in [0.717, 1.165) is 12.1 Å². The highest BCUT2D eigenvalue weighted by molar-refractivity contribution is 5.98. The minimum Gasteiger partial charge on any atom is -0.468 e. The van der Waals surface area contributed by atoms with Gasteiger partial charge in [0.05, 0.1) is 12.0 Å². The van der Waals surface area contributed by atoms with Crippen LogP contribution < -0.4 is 15.8 Å². The summed E-state index contributed by atoms with van der Waals surface area (Å²) >= 11 is 0. The average molecular weight is 443 g/mol. The second-order valence-corrected chi connectivity index (χ2v) is 7.02. The maximum absolute atomic E-state index is 12.9. The lowest BCUT2D eigenvalue weighted by atomic mass is 10.2. The molecule has 1 atom stereocenters. The molecule has 0 bridgehead atoms. The Labute approximate surface area is 181 Å². The number of alkyl halides is 3. The van der Waals surface area contributed by atoms with Crippen molar-refractivity contribution in [3.05, 3.63) is 54.1 Å². The monoisotopic (exact) mass is 443 g/mol. The van der Waals surface area contributed by atoms with Gasteiger partial charge in [0, 0.05) is 17.7 Å². The van der Waals surface area contributed by atoms with Gasteiger partial charge in [-0.3, -0.25) is 5.10 Å². The maximum Gasteiger partial charge on any atom is 0.416 e. The Hall–Kier alpha value is -3.89. The number of hydrogen-bond donors (Lipinski definition) is 3. The van der Waals surface area contributed by atoms with E-state index in [1.165, 1.54) is 12.1 Å². The molecule has 166 valence electrons. The predicted molar refractivity (Wildman–Crippen MR) is 115 cm³/mol. The lowest BCUT2D eigenvalue weighted by molar-refractivity contribution is -0.137. The van der Waals surface area contributed by atoms with Crippen LogP contribution in [0.2, 0.25) is 0 Å². The Morgan fingerprint density at radius 1 is 1.19 bits per heavy atom. The number of H-pyrrole nitrogens is 1. The highest BCUT2D eigenvalue weighted by Crippen LogP contribution is 2.31. The van der Waals surface area contributed by atoms with Crippen molar-refractivity contribution in [3.8, 4) is 17.1 Å². The van der Waals surface area contributed by atoms with Crippen molar-refractivity contribution in [2.45, 2.75) is 32.2 Å². The van der Waals surface area contributed by atoms with Crippen molar-refractivity contribution in [2.75, 3.05) is 5.32 Å². The first-order valence-corrected chi connectivity index (χ1v) is 9.83. The molecule has 1 aliphatic heterocycles. The lowest BCUT2D eigenvalue weighted by Crippen LogP contribution is -2.29. The third-order valence-electron chi connectivity index (χ3n) is 4.58. The summed E-state index contributed by atoms with van der Waals surface area (Å²) in [6, 6.07) is 12.0. The smallest absolute Gasteiger partial charge is 0.416 e. The number of hydrogen-bond acceptors (Lipinski definition) is 7. The van der Waals surface area contributed by atoms with Gasteiger partial charge in [-0.05, 0) is 30.3 Å². The van der Waals surface area contributed by atoms with Gasteiger partial charge in [0.1, 0.15) is 17.4 Å². The molecule has 32 heavy (non-hydrogen) atoms. The largest absolute Gasteiger partial charge is 0.468 e. The van der Waals surface area contributed by atoms with Gasteiger partial charge in [-0.2, -0.15) is 18.2 Å². The second kappa shape index (κ2) is 8.69. The van der Waals surface area contributed by atoms with Crippen LogP contribution in [0.15, 0.2) is 58.5 Å². The number of ether oxygens (including phenoxy) is 1. The summed E-state index contributed by atoms with van der Waals surface area (Å²) in [7, 11) is 0. The van der Waals surface area contributed by atoms with Gasteiger partial charge < -0.3 is 15.8 Å². The summed E-state index contributed by atoms with van der Waals surface area (Å²) in [5.74, 6) is 2.23. The van der Waals surface area contributed by atoms with E-state index >= 15 is 0 Å². The molecule has 4 rings (SSSR count). The summed E-state index contributed by atoms with van der Waals surface area (Å²) in [4.78, 5) is 12.9. The van der Waals surface area contributed by atoms with Crippen LogP contribution in [0.5, 0.6) is 5.75 Å². The van der Waals surface area contributed by atoms with Gasteiger partial charge >= 0.3 is 6.18 Å². The van der Waals surface area contributed by atoms with Gasteiger partial charge in [-0.15, -0.1) is 5.10 Å². The zero-order valence-electron chi connectivity index (χ0n) is 17.0. The number of amidine groups is 2. The Morgan fingerprint density at radius 2 is 2.00 bits per heavy atom. The first-order valence-electron chi connectivity index (χ1n) is 9.83. The topological polar surface area (TPSA) is 114 Å². The van der Waals surface area contributed by atoms with Crippen LogP contribution in [0.4, 0.5) is 24.8 Å². The predicted octanol–water partition coefficient (Wildman–Crippen LogP) is 4.51. The first kappa shape index (κ1) is 21.3. The summed E-state index contributed by atoms with van der Waals surface area (Å²) in [5.41, 5.74) is 6.01. The summed E-state index contributed by atoms with van der Waals surface area (Å²) in [5, 5.41) is 9.58. The maximum atomic E-state index is 12.9. The Balaban J connectivity index is 1.48. The van der Waals surface area contributed by atoms with E-state index in [9.17, 15) is 13.2 Å². The molecule has 4 N–H and O–H groups in total. The summed E-state index contributed by atoms with van der Waals surface area (Å²) in [6.45, 7) is 1.94. The van der Waals surface area contributed by atoms with Gasteiger partial charge in [0.25, 0.3) is 0 Å². The van der Waals surface area contributed by atoms with E-state index in [0.29, 0.717) is 41.7 Å². The molecule has 0 saturated heterocycles. The SMILES string of the molecule is CCC1=NC(Oc2cccc(-c3nc(Nc4cccc(C(F)(F)F)c4)n[nH]3)c2)CC(N)=N1. The number of benzene rings is 2. The molecule has 0 amide bonds. The van der Waals surface area contributed by atoms with Crippen molar-refractivity contribution in [1.82, 2.24) is 15.2 Å². The molecule has 0 spiro atoms. The molecule has 3 aromatic rings. The van der Waals surface area contributed by atoms with Crippen molar-refractivity contribution >= 4 is 23.3 Å². The van der Waals surface area contributed by atoms with E-state index in [4.69, 9.17) is 10.5 Å². The van der Waals surface area contributed by atoms with E-state index in [1.54, 1.807) is 24.3 Å². The van der Waals surface area contributed by atoms with Crippen LogP contribution >= 0.6 is 0 Å². The zero-order valence-corrected chi connectivity index (χ0v) is 17.0. The number of nitrogens with zero attached hydrogens (tertiary/aromatic N) is 4. The Bertz CT molecular complexity index is 1170.